The number of anilines is 1. The summed E-state index contributed by atoms with van der Waals surface area (Å²) >= 11 is 1.43. The first kappa shape index (κ1) is 13.6. The molecule has 0 fully saturated rings. The van der Waals surface area contributed by atoms with E-state index in [1.165, 1.54) is 11.3 Å². The van der Waals surface area contributed by atoms with Crippen molar-refractivity contribution in [2.24, 2.45) is 0 Å². The van der Waals surface area contributed by atoms with E-state index in [-0.39, 0.29) is 0 Å². The van der Waals surface area contributed by atoms with Crippen LogP contribution in [0.3, 0.4) is 0 Å². The number of ether oxygens (including phenoxy) is 1. The van der Waals surface area contributed by atoms with Gasteiger partial charge in [-0.25, -0.2) is 9.67 Å². The third-order valence-corrected chi connectivity index (χ3v) is 3.87. The Labute approximate surface area is 127 Å². The molecular formula is C15H16N4OS. The lowest BCUT2D eigenvalue weighted by molar-refractivity contribution is 0.338. The van der Waals surface area contributed by atoms with Crippen molar-refractivity contribution in [1.29, 1.82) is 0 Å². The van der Waals surface area contributed by atoms with Gasteiger partial charge in [0.1, 0.15) is 11.4 Å². The molecule has 3 rings (SSSR count). The van der Waals surface area contributed by atoms with E-state index in [9.17, 15) is 0 Å². The molecule has 5 nitrogen and oxygen atoms in total. The molecule has 2 heterocycles. The zero-order valence-electron chi connectivity index (χ0n) is 11.9. The van der Waals surface area contributed by atoms with E-state index in [0.717, 1.165) is 28.4 Å². The SMILES string of the molecule is CCOc1ccccc1-n1ncc(-c2csc(N)n2)c1C. The Bertz CT molecular complexity index is 763. The number of thiazole rings is 1. The molecule has 0 spiro atoms. The number of nitrogens with zero attached hydrogens (tertiary/aromatic N) is 3. The van der Waals surface area contributed by atoms with E-state index in [4.69, 9.17) is 10.5 Å². The van der Waals surface area contributed by atoms with Crippen LogP contribution in [0.1, 0.15) is 12.6 Å². The van der Waals surface area contributed by atoms with Gasteiger partial charge in [0.25, 0.3) is 0 Å². The van der Waals surface area contributed by atoms with E-state index in [1.807, 2.05) is 54.4 Å². The molecule has 0 atom stereocenters. The highest BCUT2D eigenvalue weighted by Gasteiger charge is 2.14. The number of benzene rings is 1. The molecule has 108 valence electrons. The predicted octanol–water partition coefficient (Wildman–Crippen LogP) is 3.29. The highest BCUT2D eigenvalue weighted by Crippen LogP contribution is 2.30. The van der Waals surface area contributed by atoms with Crippen LogP contribution in [0.4, 0.5) is 5.13 Å². The van der Waals surface area contributed by atoms with Crippen LogP contribution in [0, 0.1) is 6.92 Å². The fourth-order valence-electron chi connectivity index (χ4n) is 2.22. The summed E-state index contributed by atoms with van der Waals surface area (Å²) in [7, 11) is 0. The second-order valence-electron chi connectivity index (χ2n) is 4.53. The van der Waals surface area contributed by atoms with Crippen LogP contribution in [0.25, 0.3) is 16.9 Å². The standard InChI is InChI=1S/C15H16N4OS/c1-3-20-14-7-5-4-6-13(14)19-10(2)11(8-17-19)12-9-21-15(16)18-12/h4-9H,3H2,1-2H3,(H2,16,18). The molecule has 0 aliphatic heterocycles. The topological polar surface area (TPSA) is 66.0 Å². The van der Waals surface area contributed by atoms with Gasteiger partial charge in [-0.3, -0.25) is 0 Å². The van der Waals surface area contributed by atoms with Gasteiger partial charge in [0.15, 0.2) is 5.13 Å². The summed E-state index contributed by atoms with van der Waals surface area (Å²) in [4.78, 5) is 4.32. The summed E-state index contributed by atoms with van der Waals surface area (Å²) < 4.78 is 7.54. The molecule has 21 heavy (non-hydrogen) atoms. The Morgan fingerprint density at radius 3 is 2.86 bits per heavy atom. The van der Waals surface area contributed by atoms with E-state index < -0.39 is 0 Å². The monoisotopic (exact) mass is 300 g/mol. The van der Waals surface area contributed by atoms with Crippen molar-refractivity contribution >= 4 is 16.5 Å². The van der Waals surface area contributed by atoms with Gasteiger partial charge in [-0.05, 0) is 26.0 Å². The van der Waals surface area contributed by atoms with E-state index in [2.05, 4.69) is 10.1 Å². The van der Waals surface area contributed by atoms with E-state index in [1.54, 1.807) is 0 Å². The van der Waals surface area contributed by atoms with Gasteiger partial charge in [0, 0.05) is 10.9 Å². The maximum Gasteiger partial charge on any atom is 0.180 e. The highest BCUT2D eigenvalue weighted by molar-refractivity contribution is 7.13. The quantitative estimate of drug-likeness (QED) is 0.803. The normalized spacial score (nSPS) is 10.8. The van der Waals surface area contributed by atoms with Crippen LogP contribution >= 0.6 is 11.3 Å². The fraction of sp³-hybridized carbons (Fsp3) is 0.200. The lowest BCUT2D eigenvalue weighted by Gasteiger charge is -2.11. The number of nitrogen functional groups attached to an aromatic ring is 1. The third kappa shape index (κ3) is 2.50. The van der Waals surface area contributed by atoms with Gasteiger partial charge in [-0.15, -0.1) is 11.3 Å². The second kappa shape index (κ2) is 5.57. The van der Waals surface area contributed by atoms with Crippen LogP contribution < -0.4 is 10.5 Å². The molecule has 0 radical (unpaired) electrons. The van der Waals surface area contributed by atoms with Crippen LogP contribution in [0.5, 0.6) is 5.75 Å². The number of aromatic nitrogens is 3. The average Bonchev–Trinajstić information content (AvgIpc) is 3.06. The molecule has 0 saturated carbocycles. The lowest BCUT2D eigenvalue weighted by atomic mass is 10.2. The van der Waals surface area contributed by atoms with Crippen molar-refractivity contribution in [2.75, 3.05) is 12.3 Å². The summed E-state index contributed by atoms with van der Waals surface area (Å²) in [5.74, 6) is 0.815. The maximum absolute atomic E-state index is 5.71. The summed E-state index contributed by atoms with van der Waals surface area (Å²) in [5, 5.41) is 6.98. The smallest absolute Gasteiger partial charge is 0.180 e. The predicted molar refractivity (Wildman–Crippen MR) is 85.0 cm³/mol. The van der Waals surface area contributed by atoms with Gasteiger partial charge >= 0.3 is 0 Å². The van der Waals surface area contributed by atoms with Crippen molar-refractivity contribution < 1.29 is 4.74 Å². The van der Waals surface area contributed by atoms with Crippen LogP contribution in [0.2, 0.25) is 0 Å². The minimum Gasteiger partial charge on any atom is -0.492 e. The Kier molecular flexibility index (Phi) is 3.62. The lowest BCUT2D eigenvalue weighted by Crippen LogP contribution is -2.03. The minimum absolute atomic E-state index is 0.562. The summed E-state index contributed by atoms with van der Waals surface area (Å²) in [6.07, 6.45) is 1.81. The van der Waals surface area contributed by atoms with Crippen LogP contribution in [-0.4, -0.2) is 21.4 Å². The average molecular weight is 300 g/mol. The largest absolute Gasteiger partial charge is 0.492 e. The molecule has 0 bridgehead atoms. The molecule has 0 aliphatic carbocycles. The molecule has 0 unspecified atom stereocenters. The van der Waals surface area contributed by atoms with Gasteiger partial charge in [-0.1, -0.05) is 12.1 Å². The molecule has 0 amide bonds. The first-order chi connectivity index (χ1) is 10.2. The third-order valence-electron chi connectivity index (χ3n) is 3.20. The number of hydrogen-bond donors (Lipinski definition) is 1. The number of rotatable bonds is 4. The Balaban J connectivity index is 2.07. The molecular weight excluding hydrogens is 284 g/mol. The zero-order valence-corrected chi connectivity index (χ0v) is 12.7. The van der Waals surface area contributed by atoms with E-state index >= 15 is 0 Å². The Morgan fingerprint density at radius 1 is 1.33 bits per heavy atom. The van der Waals surface area contributed by atoms with Gasteiger partial charge in [0.2, 0.25) is 0 Å². The van der Waals surface area contributed by atoms with Crippen molar-refractivity contribution in [1.82, 2.24) is 14.8 Å². The second-order valence-corrected chi connectivity index (χ2v) is 5.42. The molecule has 6 heteroatoms. The molecule has 3 aromatic rings. The van der Waals surface area contributed by atoms with E-state index in [0.29, 0.717) is 11.7 Å². The summed E-state index contributed by atoms with van der Waals surface area (Å²) in [5.41, 5.74) is 9.47. The molecule has 2 aromatic heterocycles. The highest BCUT2D eigenvalue weighted by atomic mass is 32.1. The molecule has 1 aromatic carbocycles. The van der Waals surface area contributed by atoms with Crippen LogP contribution in [0.15, 0.2) is 35.8 Å². The fourth-order valence-corrected chi connectivity index (χ4v) is 2.79. The first-order valence-corrected chi connectivity index (χ1v) is 7.57. The van der Waals surface area contributed by atoms with Crippen LogP contribution in [-0.2, 0) is 0 Å². The number of nitrogens with two attached hydrogens (primary N) is 1. The van der Waals surface area contributed by atoms with Gasteiger partial charge < -0.3 is 10.5 Å². The first-order valence-electron chi connectivity index (χ1n) is 6.69. The Morgan fingerprint density at radius 2 is 2.14 bits per heavy atom. The van der Waals surface area contributed by atoms with Gasteiger partial charge in [-0.2, -0.15) is 5.10 Å². The van der Waals surface area contributed by atoms with Crippen molar-refractivity contribution in [3.05, 3.63) is 41.5 Å². The summed E-state index contributed by atoms with van der Waals surface area (Å²) in [6, 6.07) is 7.86. The molecule has 0 aliphatic rings. The Hall–Kier alpha value is -2.34. The van der Waals surface area contributed by atoms with Gasteiger partial charge in [0.05, 0.1) is 24.2 Å². The van der Waals surface area contributed by atoms with Crippen molar-refractivity contribution in [2.45, 2.75) is 13.8 Å². The summed E-state index contributed by atoms with van der Waals surface area (Å²) in [6.45, 7) is 4.60. The molecule has 2 N–H and O–H groups in total. The van der Waals surface area contributed by atoms with Crippen molar-refractivity contribution in [3.8, 4) is 22.7 Å². The number of hydrogen-bond acceptors (Lipinski definition) is 5. The maximum atomic E-state index is 5.71. The minimum atomic E-state index is 0.562. The van der Waals surface area contributed by atoms with Crippen molar-refractivity contribution in [3.63, 3.8) is 0 Å². The molecule has 0 saturated heterocycles. The number of para-hydroxylation sites is 2. The zero-order chi connectivity index (χ0) is 14.8.